The molecule has 0 aliphatic rings. The van der Waals surface area contributed by atoms with Crippen LogP contribution in [0.2, 0.25) is 0 Å². The lowest BCUT2D eigenvalue weighted by molar-refractivity contribution is 0.0940. The van der Waals surface area contributed by atoms with Gasteiger partial charge in [0.05, 0.1) is 10.5 Å². The molecule has 0 radical (unpaired) electrons. The van der Waals surface area contributed by atoms with Crippen LogP contribution in [0, 0.1) is 11.6 Å². The average Bonchev–Trinajstić information content (AvgIpc) is 2.49. The molecule has 21 heavy (non-hydrogen) atoms. The van der Waals surface area contributed by atoms with Gasteiger partial charge >= 0.3 is 0 Å². The predicted octanol–water partition coefficient (Wildman–Crippen LogP) is 1.59. The van der Waals surface area contributed by atoms with E-state index in [2.05, 4.69) is 0 Å². The highest BCUT2D eigenvalue weighted by atomic mass is 32.2. The van der Waals surface area contributed by atoms with Crippen LogP contribution in [0.3, 0.4) is 0 Å². The summed E-state index contributed by atoms with van der Waals surface area (Å²) >= 11 is 0. The standard InChI is InChI=1S/C13H10F2N2O3S/c14-11-8-4-7-10(12(11)15)13(18)16-17-21(19,20)9-5-2-1-3-6-9/h1-8,17H,(H,16,18). The smallest absolute Gasteiger partial charge is 0.269 e. The lowest BCUT2D eigenvalue weighted by Crippen LogP contribution is -2.41. The first-order valence-electron chi connectivity index (χ1n) is 5.73. The second kappa shape index (κ2) is 5.98. The van der Waals surface area contributed by atoms with Gasteiger partial charge in [-0.3, -0.25) is 10.2 Å². The first kappa shape index (κ1) is 15.1. The maximum atomic E-state index is 13.4. The number of hydrogen-bond donors (Lipinski definition) is 2. The second-order valence-electron chi connectivity index (χ2n) is 3.97. The summed E-state index contributed by atoms with van der Waals surface area (Å²) in [6.45, 7) is 0. The van der Waals surface area contributed by atoms with Crippen molar-refractivity contribution in [1.82, 2.24) is 10.3 Å². The molecule has 0 spiro atoms. The first-order chi connectivity index (χ1) is 9.92. The van der Waals surface area contributed by atoms with Crippen molar-refractivity contribution in [1.29, 1.82) is 0 Å². The Kier molecular flexibility index (Phi) is 4.29. The zero-order valence-electron chi connectivity index (χ0n) is 10.5. The van der Waals surface area contributed by atoms with E-state index in [0.717, 1.165) is 18.2 Å². The maximum absolute atomic E-state index is 13.4. The van der Waals surface area contributed by atoms with Crippen LogP contribution in [0.25, 0.3) is 0 Å². The van der Waals surface area contributed by atoms with Gasteiger partial charge < -0.3 is 0 Å². The highest BCUT2D eigenvalue weighted by Gasteiger charge is 2.18. The topological polar surface area (TPSA) is 75.3 Å². The number of carbonyl (C=O) groups is 1. The zero-order valence-corrected chi connectivity index (χ0v) is 11.3. The molecule has 0 aromatic heterocycles. The van der Waals surface area contributed by atoms with Gasteiger partial charge in [-0.1, -0.05) is 24.3 Å². The summed E-state index contributed by atoms with van der Waals surface area (Å²) in [6, 6.07) is 10.3. The quantitative estimate of drug-likeness (QED) is 0.842. The summed E-state index contributed by atoms with van der Waals surface area (Å²) < 4.78 is 50.0. The summed E-state index contributed by atoms with van der Waals surface area (Å²) in [6.07, 6.45) is 0. The molecule has 0 fully saturated rings. The number of hydrazine groups is 1. The van der Waals surface area contributed by atoms with E-state index in [1.807, 2.05) is 5.43 Å². The van der Waals surface area contributed by atoms with E-state index in [1.165, 1.54) is 24.3 Å². The van der Waals surface area contributed by atoms with Gasteiger partial charge in [0.25, 0.3) is 15.9 Å². The highest BCUT2D eigenvalue weighted by molar-refractivity contribution is 7.89. The van der Waals surface area contributed by atoms with Crippen LogP contribution < -0.4 is 10.3 Å². The molecule has 0 heterocycles. The van der Waals surface area contributed by atoms with E-state index in [-0.39, 0.29) is 4.90 Å². The summed E-state index contributed by atoms with van der Waals surface area (Å²) in [5, 5.41) is 0. The van der Waals surface area contributed by atoms with E-state index in [4.69, 9.17) is 0 Å². The number of hydrogen-bond acceptors (Lipinski definition) is 3. The number of benzene rings is 2. The summed E-state index contributed by atoms with van der Waals surface area (Å²) in [5.74, 6) is -3.66. The Morgan fingerprint density at radius 2 is 1.62 bits per heavy atom. The molecule has 8 heteroatoms. The highest BCUT2D eigenvalue weighted by Crippen LogP contribution is 2.11. The molecule has 110 valence electrons. The molecule has 0 atom stereocenters. The third-order valence-corrected chi connectivity index (χ3v) is 3.81. The first-order valence-corrected chi connectivity index (χ1v) is 7.21. The Labute approximate surface area is 119 Å². The molecule has 0 aliphatic heterocycles. The SMILES string of the molecule is O=C(NNS(=O)(=O)c1ccccc1)c1cccc(F)c1F. The number of halogens is 2. The minimum Gasteiger partial charge on any atom is -0.273 e. The Balaban J connectivity index is 2.13. The van der Waals surface area contributed by atoms with E-state index >= 15 is 0 Å². The van der Waals surface area contributed by atoms with Crippen LogP contribution in [0.4, 0.5) is 8.78 Å². The van der Waals surface area contributed by atoms with Crippen LogP contribution >= 0.6 is 0 Å². The van der Waals surface area contributed by atoms with Gasteiger partial charge in [0.15, 0.2) is 11.6 Å². The van der Waals surface area contributed by atoms with Gasteiger partial charge in [0.1, 0.15) is 0 Å². The van der Waals surface area contributed by atoms with Crippen LogP contribution in [-0.2, 0) is 10.0 Å². The molecule has 0 unspecified atom stereocenters. The largest absolute Gasteiger partial charge is 0.273 e. The second-order valence-corrected chi connectivity index (χ2v) is 5.66. The summed E-state index contributed by atoms with van der Waals surface area (Å²) in [5.41, 5.74) is 1.22. The van der Waals surface area contributed by atoms with E-state index in [9.17, 15) is 22.0 Å². The Morgan fingerprint density at radius 1 is 0.952 bits per heavy atom. The minimum absolute atomic E-state index is 0.0787. The van der Waals surface area contributed by atoms with Crippen molar-refractivity contribution >= 4 is 15.9 Å². The molecular weight excluding hydrogens is 302 g/mol. The maximum Gasteiger partial charge on any atom is 0.269 e. The fourth-order valence-electron chi connectivity index (χ4n) is 1.52. The minimum atomic E-state index is -3.98. The lowest BCUT2D eigenvalue weighted by Gasteiger charge is -2.09. The molecule has 2 aromatic carbocycles. The molecule has 2 N–H and O–H groups in total. The third kappa shape index (κ3) is 3.41. The van der Waals surface area contributed by atoms with Gasteiger partial charge in [-0.2, -0.15) is 0 Å². The van der Waals surface area contributed by atoms with E-state index < -0.39 is 33.1 Å². The Hall–Kier alpha value is -2.32. The van der Waals surface area contributed by atoms with Crippen molar-refractivity contribution in [2.45, 2.75) is 4.90 Å². The van der Waals surface area contributed by atoms with E-state index in [0.29, 0.717) is 0 Å². The molecular formula is C13H10F2N2O3S. The Bertz CT molecular complexity index is 764. The average molecular weight is 312 g/mol. The molecule has 5 nitrogen and oxygen atoms in total. The van der Waals surface area contributed by atoms with Crippen LogP contribution in [-0.4, -0.2) is 14.3 Å². The van der Waals surface area contributed by atoms with Gasteiger partial charge in [0.2, 0.25) is 0 Å². The van der Waals surface area contributed by atoms with Crippen LogP contribution in [0.1, 0.15) is 10.4 Å². The molecule has 0 bridgehead atoms. The fraction of sp³-hybridized carbons (Fsp3) is 0. The molecule has 0 aliphatic carbocycles. The van der Waals surface area contributed by atoms with Crippen LogP contribution in [0.5, 0.6) is 0 Å². The number of amides is 1. The van der Waals surface area contributed by atoms with Crippen molar-refractivity contribution in [2.75, 3.05) is 0 Å². The third-order valence-electron chi connectivity index (χ3n) is 2.55. The van der Waals surface area contributed by atoms with E-state index in [1.54, 1.807) is 10.9 Å². The van der Waals surface area contributed by atoms with Crippen molar-refractivity contribution in [3.05, 3.63) is 65.7 Å². The molecule has 2 aromatic rings. The van der Waals surface area contributed by atoms with Crippen LogP contribution in [0.15, 0.2) is 53.4 Å². The Morgan fingerprint density at radius 3 is 2.29 bits per heavy atom. The van der Waals surface area contributed by atoms with Gasteiger partial charge in [-0.25, -0.2) is 17.2 Å². The molecule has 0 saturated carbocycles. The normalized spacial score (nSPS) is 11.1. The van der Waals surface area contributed by atoms with Gasteiger partial charge in [-0.15, -0.1) is 4.83 Å². The van der Waals surface area contributed by atoms with Gasteiger partial charge in [0, 0.05) is 0 Å². The summed E-state index contributed by atoms with van der Waals surface area (Å²) in [4.78, 5) is 13.4. The number of nitrogens with one attached hydrogen (secondary N) is 2. The monoisotopic (exact) mass is 312 g/mol. The van der Waals surface area contributed by atoms with Crippen molar-refractivity contribution in [3.8, 4) is 0 Å². The van der Waals surface area contributed by atoms with Crippen molar-refractivity contribution < 1.29 is 22.0 Å². The van der Waals surface area contributed by atoms with Crippen molar-refractivity contribution in [3.63, 3.8) is 0 Å². The zero-order chi connectivity index (χ0) is 15.5. The van der Waals surface area contributed by atoms with Gasteiger partial charge in [-0.05, 0) is 24.3 Å². The number of rotatable bonds is 4. The summed E-state index contributed by atoms with van der Waals surface area (Å²) in [7, 11) is -3.98. The number of sulfonamides is 1. The molecule has 0 saturated heterocycles. The lowest BCUT2D eigenvalue weighted by atomic mass is 10.2. The molecule has 2 rings (SSSR count). The number of carbonyl (C=O) groups excluding carboxylic acids is 1. The molecule has 1 amide bonds. The fourth-order valence-corrected chi connectivity index (χ4v) is 2.38. The predicted molar refractivity (Wildman–Crippen MR) is 70.6 cm³/mol. The van der Waals surface area contributed by atoms with Crippen molar-refractivity contribution in [2.24, 2.45) is 0 Å².